The Hall–Kier alpha value is -1.88. The fourth-order valence-corrected chi connectivity index (χ4v) is 2.48. The topological polar surface area (TPSA) is 70.2 Å². The quantitative estimate of drug-likeness (QED) is 0.789. The largest absolute Gasteiger partial charge is 0.350 e. The smallest absolute Gasteiger partial charge is 0.251 e. The molecule has 2 rings (SSSR count). The van der Waals surface area contributed by atoms with Crippen LogP contribution in [0.4, 0.5) is 5.69 Å². The monoisotopic (exact) mass is 289 g/mol. The Labute approximate surface area is 125 Å². The molecule has 0 saturated carbocycles. The van der Waals surface area contributed by atoms with Gasteiger partial charge in [-0.15, -0.1) is 0 Å². The summed E-state index contributed by atoms with van der Waals surface area (Å²) in [5.74, 6) is 0.196. The maximum absolute atomic E-state index is 12.2. The molecule has 2 unspecified atom stereocenters. The lowest BCUT2D eigenvalue weighted by Gasteiger charge is -2.15. The molecule has 21 heavy (non-hydrogen) atoms. The minimum Gasteiger partial charge on any atom is -0.350 e. The lowest BCUT2D eigenvalue weighted by atomic mass is 9.97. The van der Waals surface area contributed by atoms with Gasteiger partial charge in [-0.2, -0.15) is 0 Å². The number of amides is 2. The molecule has 2 atom stereocenters. The highest BCUT2D eigenvalue weighted by Gasteiger charge is 2.29. The maximum atomic E-state index is 12.2. The van der Waals surface area contributed by atoms with E-state index < -0.39 is 0 Å². The van der Waals surface area contributed by atoms with Crippen LogP contribution in [0.3, 0.4) is 0 Å². The van der Waals surface area contributed by atoms with Crippen molar-refractivity contribution in [2.24, 2.45) is 11.8 Å². The van der Waals surface area contributed by atoms with Crippen LogP contribution in [0, 0.1) is 11.8 Å². The summed E-state index contributed by atoms with van der Waals surface area (Å²) < 4.78 is 0. The predicted octanol–water partition coefficient (Wildman–Crippen LogP) is 1.62. The van der Waals surface area contributed by atoms with Gasteiger partial charge in [0.05, 0.1) is 5.92 Å². The van der Waals surface area contributed by atoms with Gasteiger partial charge in [-0.05, 0) is 44.5 Å². The third-order valence-electron chi connectivity index (χ3n) is 3.67. The second-order valence-electron chi connectivity index (χ2n) is 5.94. The van der Waals surface area contributed by atoms with Crippen LogP contribution in [0.5, 0.6) is 0 Å². The van der Waals surface area contributed by atoms with Gasteiger partial charge >= 0.3 is 0 Å². The van der Waals surface area contributed by atoms with Crippen molar-refractivity contribution in [2.45, 2.75) is 26.8 Å². The zero-order valence-electron chi connectivity index (χ0n) is 12.8. The third-order valence-corrected chi connectivity index (χ3v) is 3.67. The summed E-state index contributed by atoms with van der Waals surface area (Å²) in [7, 11) is 0. The van der Waals surface area contributed by atoms with Crippen LogP contribution in [0.25, 0.3) is 0 Å². The molecular weight excluding hydrogens is 266 g/mol. The molecule has 5 nitrogen and oxygen atoms in total. The number of anilines is 1. The zero-order chi connectivity index (χ0) is 15.4. The predicted molar refractivity (Wildman–Crippen MR) is 83.2 cm³/mol. The Balaban J connectivity index is 2.04. The summed E-state index contributed by atoms with van der Waals surface area (Å²) in [4.78, 5) is 24.2. The first-order valence-electron chi connectivity index (χ1n) is 7.40. The Morgan fingerprint density at radius 1 is 1.29 bits per heavy atom. The first-order valence-corrected chi connectivity index (χ1v) is 7.40. The van der Waals surface area contributed by atoms with E-state index >= 15 is 0 Å². The highest BCUT2D eigenvalue weighted by atomic mass is 16.2. The molecule has 1 aromatic carbocycles. The summed E-state index contributed by atoms with van der Waals surface area (Å²) >= 11 is 0. The molecule has 0 bridgehead atoms. The normalized spacial score (nSPS) is 21.3. The average molecular weight is 289 g/mol. The van der Waals surface area contributed by atoms with Gasteiger partial charge in [-0.25, -0.2) is 0 Å². The molecular formula is C16H23N3O2. The number of benzene rings is 1. The second kappa shape index (κ2) is 6.72. The molecule has 1 heterocycles. The maximum Gasteiger partial charge on any atom is 0.251 e. The van der Waals surface area contributed by atoms with Crippen molar-refractivity contribution in [3.63, 3.8) is 0 Å². The molecule has 1 aromatic rings. The van der Waals surface area contributed by atoms with Gasteiger partial charge in [0.1, 0.15) is 0 Å². The molecule has 2 amide bonds. The van der Waals surface area contributed by atoms with Crippen molar-refractivity contribution in [1.29, 1.82) is 0 Å². The number of nitrogens with one attached hydrogen (secondary N) is 3. The van der Waals surface area contributed by atoms with Crippen molar-refractivity contribution in [2.75, 3.05) is 18.4 Å². The van der Waals surface area contributed by atoms with Crippen molar-refractivity contribution in [3.8, 4) is 0 Å². The lowest BCUT2D eigenvalue weighted by molar-refractivity contribution is -0.120. The van der Waals surface area contributed by atoms with E-state index in [1.807, 2.05) is 13.8 Å². The second-order valence-corrected chi connectivity index (χ2v) is 5.94. The molecule has 114 valence electrons. The molecule has 0 aromatic heterocycles. The van der Waals surface area contributed by atoms with Crippen molar-refractivity contribution < 1.29 is 9.59 Å². The molecule has 3 N–H and O–H groups in total. The highest BCUT2D eigenvalue weighted by Crippen LogP contribution is 2.19. The van der Waals surface area contributed by atoms with Gasteiger partial charge in [-0.1, -0.05) is 13.0 Å². The molecule has 1 aliphatic rings. The molecule has 1 saturated heterocycles. The average Bonchev–Trinajstić information content (AvgIpc) is 2.84. The minimum atomic E-state index is -0.128. The van der Waals surface area contributed by atoms with E-state index in [-0.39, 0.29) is 23.8 Å². The summed E-state index contributed by atoms with van der Waals surface area (Å²) in [6.45, 7) is 7.47. The molecule has 0 spiro atoms. The van der Waals surface area contributed by atoms with Crippen molar-refractivity contribution >= 4 is 17.5 Å². The Bertz CT molecular complexity index is 528. The number of rotatable bonds is 4. The molecule has 5 heteroatoms. The van der Waals surface area contributed by atoms with Gasteiger partial charge in [-0.3, -0.25) is 9.59 Å². The van der Waals surface area contributed by atoms with Crippen LogP contribution in [-0.2, 0) is 4.79 Å². The number of carbonyl (C=O) groups is 2. The van der Waals surface area contributed by atoms with Crippen LogP contribution < -0.4 is 16.0 Å². The number of carbonyl (C=O) groups excluding carboxylic acids is 2. The first-order chi connectivity index (χ1) is 9.97. The van der Waals surface area contributed by atoms with Crippen molar-refractivity contribution in [3.05, 3.63) is 29.8 Å². The van der Waals surface area contributed by atoms with E-state index in [9.17, 15) is 9.59 Å². The molecule has 1 fully saturated rings. The number of hydrogen-bond donors (Lipinski definition) is 3. The fraction of sp³-hybridized carbons (Fsp3) is 0.500. The van der Waals surface area contributed by atoms with Gasteiger partial charge in [0.25, 0.3) is 5.91 Å². The van der Waals surface area contributed by atoms with E-state index in [1.54, 1.807) is 24.3 Å². The summed E-state index contributed by atoms with van der Waals surface area (Å²) in [5, 5.41) is 8.96. The summed E-state index contributed by atoms with van der Waals surface area (Å²) in [6.07, 6.45) is 0. The molecule has 0 radical (unpaired) electrons. The Morgan fingerprint density at radius 3 is 2.67 bits per heavy atom. The molecule has 1 aliphatic heterocycles. The van der Waals surface area contributed by atoms with E-state index in [4.69, 9.17) is 0 Å². The van der Waals surface area contributed by atoms with E-state index in [2.05, 4.69) is 22.9 Å². The van der Waals surface area contributed by atoms with Crippen LogP contribution in [0.1, 0.15) is 31.1 Å². The Morgan fingerprint density at radius 2 is 2.05 bits per heavy atom. The third kappa shape index (κ3) is 4.04. The molecule has 0 aliphatic carbocycles. The summed E-state index contributed by atoms with van der Waals surface area (Å²) in [6, 6.07) is 7.12. The standard InChI is InChI=1S/C16H23N3O2/c1-10(2)18-15(20)12-5-4-6-13(7-12)19-16(21)14-9-17-8-11(14)3/h4-7,10-11,14,17H,8-9H2,1-3H3,(H,18,20)(H,19,21). The van der Waals surface area contributed by atoms with Crippen LogP contribution in [0.15, 0.2) is 24.3 Å². The first kappa shape index (κ1) is 15.5. The lowest BCUT2D eigenvalue weighted by Crippen LogP contribution is -2.30. The SMILES string of the molecule is CC(C)NC(=O)c1cccc(NC(=O)C2CNCC2C)c1. The van der Waals surface area contributed by atoms with E-state index in [1.165, 1.54) is 0 Å². The fourth-order valence-electron chi connectivity index (χ4n) is 2.48. The van der Waals surface area contributed by atoms with Gasteiger partial charge in [0.2, 0.25) is 5.91 Å². The van der Waals surface area contributed by atoms with Crippen LogP contribution >= 0.6 is 0 Å². The van der Waals surface area contributed by atoms with Crippen LogP contribution in [-0.4, -0.2) is 30.9 Å². The van der Waals surface area contributed by atoms with Crippen molar-refractivity contribution in [1.82, 2.24) is 10.6 Å². The number of hydrogen-bond acceptors (Lipinski definition) is 3. The van der Waals surface area contributed by atoms with Gasteiger partial charge < -0.3 is 16.0 Å². The highest BCUT2D eigenvalue weighted by molar-refractivity contribution is 5.98. The zero-order valence-corrected chi connectivity index (χ0v) is 12.8. The van der Waals surface area contributed by atoms with Crippen LogP contribution in [0.2, 0.25) is 0 Å². The van der Waals surface area contributed by atoms with E-state index in [0.717, 1.165) is 6.54 Å². The van der Waals surface area contributed by atoms with Gasteiger partial charge in [0.15, 0.2) is 0 Å². The Kier molecular flexibility index (Phi) is 4.96. The van der Waals surface area contributed by atoms with Gasteiger partial charge in [0, 0.05) is 23.8 Å². The minimum absolute atomic E-state index is 0.00826. The summed E-state index contributed by atoms with van der Waals surface area (Å²) in [5.41, 5.74) is 1.22. The van der Waals surface area contributed by atoms with E-state index in [0.29, 0.717) is 23.7 Å².